The predicted octanol–water partition coefficient (Wildman–Crippen LogP) is 1.82. The predicted molar refractivity (Wildman–Crippen MR) is 151 cm³/mol. The second-order valence-corrected chi connectivity index (χ2v) is 10.2. The molecule has 2 aromatic rings. The highest BCUT2D eigenvalue weighted by Crippen LogP contribution is 2.32. The Hall–Kier alpha value is -4.47. The van der Waals surface area contributed by atoms with Gasteiger partial charge in [0.15, 0.2) is 24.4 Å². The summed E-state index contributed by atoms with van der Waals surface area (Å²) in [6.07, 6.45) is -2.44. The van der Waals surface area contributed by atoms with Crippen molar-refractivity contribution < 1.29 is 47.7 Å². The maximum Gasteiger partial charge on any atom is 0.347 e. The van der Waals surface area contributed by atoms with Gasteiger partial charge in [0.25, 0.3) is 5.91 Å². The van der Waals surface area contributed by atoms with Crippen LogP contribution in [0.2, 0.25) is 0 Å². The number of carbonyl (C=O) groups is 6. The van der Waals surface area contributed by atoms with Crippen molar-refractivity contribution in [3.05, 3.63) is 29.0 Å². The van der Waals surface area contributed by atoms with Crippen LogP contribution in [0.5, 0.6) is 0 Å². The SMILES string of the molecule is CC(=O)O[C@@H](C)C(=O)O[C@@H](C)C(=O)O[C@@H](C)C(=O)O[C@@H](C)C(=O)N1CCN(C(C)=O)C1=Nc1ccc2nccnc2c1Br. The number of nitrogens with zero attached hydrogens (tertiary/aromatic N) is 5. The first-order chi connectivity index (χ1) is 20.2. The Morgan fingerprint density at radius 2 is 1.28 bits per heavy atom. The monoisotopic (exact) mass is 663 g/mol. The van der Waals surface area contributed by atoms with Gasteiger partial charge < -0.3 is 18.9 Å². The summed E-state index contributed by atoms with van der Waals surface area (Å²) in [5, 5.41) is 0. The van der Waals surface area contributed by atoms with Crippen molar-refractivity contribution in [2.75, 3.05) is 13.1 Å². The van der Waals surface area contributed by atoms with Gasteiger partial charge in [0.2, 0.25) is 11.9 Å². The number of rotatable bonds is 9. The molecule has 1 saturated heterocycles. The fraction of sp³-hybridized carbons (Fsp3) is 0.444. The standard InChI is InChI=1S/C27H30BrN5O10/c1-13(41-25(38)15(3)43-26(39)16(4)42-24(37)14(2)40-18(6)35)23(36)33-12-11-32(17(5)34)27(33)31-19-7-8-20-22(21(19)28)30-10-9-29-20/h7-10,13-16H,11-12H2,1-6H3/t13-,14-,15-,16-/m0/s1. The lowest BCUT2D eigenvalue weighted by atomic mass is 10.2. The number of aliphatic imine (C=N–C) groups is 1. The van der Waals surface area contributed by atoms with Gasteiger partial charge in [-0.1, -0.05) is 0 Å². The molecule has 0 spiro atoms. The van der Waals surface area contributed by atoms with E-state index in [-0.39, 0.29) is 25.0 Å². The van der Waals surface area contributed by atoms with Gasteiger partial charge in [-0.2, -0.15) is 0 Å². The number of halogens is 1. The minimum absolute atomic E-state index is 0.0300. The van der Waals surface area contributed by atoms with Crippen LogP contribution in [0.15, 0.2) is 34.0 Å². The molecule has 43 heavy (non-hydrogen) atoms. The normalized spacial score (nSPS) is 16.7. The summed E-state index contributed by atoms with van der Waals surface area (Å²) >= 11 is 3.47. The highest BCUT2D eigenvalue weighted by Gasteiger charge is 2.38. The van der Waals surface area contributed by atoms with Crippen LogP contribution < -0.4 is 0 Å². The lowest BCUT2D eigenvalue weighted by Crippen LogP contribution is -2.45. The average molecular weight is 664 g/mol. The smallest absolute Gasteiger partial charge is 0.347 e. The molecule has 2 amide bonds. The summed E-state index contributed by atoms with van der Waals surface area (Å²) in [5.41, 5.74) is 1.53. The summed E-state index contributed by atoms with van der Waals surface area (Å²) in [6.45, 7) is 7.70. The molecule has 1 fully saturated rings. The van der Waals surface area contributed by atoms with E-state index in [0.29, 0.717) is 21.2 Å². The molecule has 1 aromatic heterocycles. The van der Waals surface area contributed by atoms with Gasteiger partial charge in [0.05, 0.1) is 15.7 Å². The Labute approximate surface area is 254 Å². The Morgan fingerprint density at radius 1 is 0.767 bits per heavy atom. The van der Waals surface area contributed by atoms with E-state index in [1.165, 1.54) is 50.6 Å². The molecule has 3 rings (SSSR count). The topological polar surface area (TPSA) is 184 Å². The minimum Gasteiger partial charge on any atom is -0.451 e. The number of carbonyl (C=O) groups excluding carboxylic acids is 6. The van der Waals surface area contributed by atoms with Crippen LogP contribution in [0.3, 0.4) is 0 Å². The van der Waals surface area contributed by atoms with Crippen LogP contribution in [0.25, 0.3) is 11.0 Å². The largest absolute Gasteiger partial charge is 0.451 e. The second-order valence-electron chi connectivity index (χ2n) is 9.38. The Balaban J connectivity index is 1.68. The molecule has 0 N–H and O–H groups in total. The summed E-state index contributed by atoms with van der Waals surface area (Å²) in [7, 11) is 0. The lowest BCUT2D eigenvalue weighted by Gasteiger charge is -2.24. The van der Waals surface area contributed by atoms with Gasteiger partial charge >= 0.3 is 23.9 Å². The number of amides is 2. The molecule has 1 aliphatic heterocycles. The van der Waals surface area contributed by atoms with Crippen molar-refractivity contribution in [2.24, 2.45) is 4.99 Å². The van der Waals surface area contributed by atoms with Crippen molar-refractivity contribution in [2.45, 2.75) is 66.0 Å². The number of fused-ring (bicyclic) bond motifs is 1. The molecule has 0 unspecified atom stereocenters. The lowest BCUT2D eigenvalue weighted by molar-refractivity contribution is -0.183. The average Bonchev–Trinajstić information content (AvgIpc) is 3.37. The molecule has 230 valence electrons. The third kappa shape index (κ3) is 8.09. The van der Waals surface area contributed by atoms with E-state index in [9.17, 15) is 28.8 Å². The second kappa shape index (κ2) is 14.1. The molecule has 0 bridgehead atoms. The van der Waals surface area contributed by atoms with Crippen molar-refractivity contribution in [3.63, 3.8) is 0 Å². The van der Waals surface area contributed by atoms with E-state index in [1.807, 2.05) is 0 Å². The van der Waals surface area contributed by atoms with Crippen LogP contribution in [0.1, 0.15) is 41.5 Å². The Morgan fingerprint density at radius 3 is 1.84 bits per heavy atom. The Bertz CT molecular complexity index is 1480. The molecular formula is C27H30BrN5O10. The number of guanidine groups is 1. The van der Waals surface area contributed by atoms with Crippen LogP contribution in [0.4, 0.5) is 5.69 Å². The molecule has 1 aliphatic rings. The molecule has 0 saturated carbocycles. The number of esters is 4. The highest BCUT2D eigenvalue weighted by molar-refractivity contribution is 9.10. The van der Waals surface area contributed by atoms with Gasteiger partial charge in [-0.15, -0.1) is 0 Å². The number of benzene rings is 1. The van der Waals surface area contributed by atoms with Crippen LogP contribution in [-0.2, 0) is 47.7 Å². The quantitative estimate of drug-likeness (QED) is 0.280. The third-order valence-corrected chi connectivity index (χ3v) is 6.80. The molecule has 16 heteroatoms. The fourth-order valence-corrected chi connectivity index (χ4v) is 4.36. The van der Waals surface area contributed by atoms with Gasteiger partial charge in [-0.25, -0.2) is 19.4 Å². The number of hydrogen-bond acceptors (Lipinski definition) is 13. The third-order valence-electron chi connectivity index (χ3n) is 6.02. The van der Waals surface area contributed by atoms with Gasteiger partial charge in [-0.3, -0.25) is 34.2 Å². The molecule has 0 radical (unpaired) electrons. The van der Waals surface area contributed by atoms with Crippen molar-refractivity contribution in [1.82, 2.24) is 19.8 Å². The zero-order chi connectivity index (χ0) is 32.0. The number of ether oxygens (including phenoxy) is 4. The summed E-state index contributed by atoms with van der Waals surface area (Å²) in [4.78, 5) is 89.2. The molecule has 2 heterocycles. The van der Waals surface area contributed by atoms with Crippen LogP contribution >= 0.6 is 15.9 Å². The molecule has 1 aromatic carbocycles. The van der Waals surface area contributed by atoms with Crippen LogP contribution in [0, 0.1) is 0 Å². The van der Waals surface area contributed by atoms with Gasteiger partial charge in [0.1, 0.15) is 5.52 Å². The van der Waals surface area contributed by atoms with E-state index in [4.69, 9.17) is 18.9 Å². The van der Waals surface area contributed by atoms with E-state index in [1.54, 1.807) is 18.3 Å². The zero-order valence-electron chi connectivity index (χ0n) is 24.2. The number of hydrogen-bond donors (Lipinski definition) is 0. The maximum atomic E-state index is 13.4. The van der Waals surface area contributed by atoms with Gasteiger partial charge in [0, 0.05) is 39.3 Å². The summed E-state index contributed by atoms with van der Waals surface area (Å²) in [6, 6.07) is 3.35. The van der Waals surface area contributed by atoms with Crippen molar-refractivity contribution >= 4 is 74.3 Å². The molecular weight excluding hydrogens is 634 g/mol. The fourth-order valence-electron chi connectivity index (χ4n) is 3.83. The summed E-state index contributed by atoms with van der Waals surface area (Å²) in [5.74, 6) is -4.80. The first-order valence-electron chi connectivity index (χ1n) is 13.1. The minimum atomic E-state index is -1.47. The Kier molecular flexibility index (Phi) is 10.9. The molecule has 0 aliphatic carbocycles. The van der Waals surface area contributed by atoms with Crippen molar-refractivity contribution in [1.29, 1.82) is 0 Å². The first kappa shape index (κ1) is 33.0. The number of aromatic nitrogens is 2. The zero-order valence-corrected chi connectivity index (χ0v) is 25.8. The highest BCUT2D eigenvalue weighted by atomic mass is 79.9. The van der Waals surface area contributed by atoms with Crippen LogP contribution in [-0.4, -0.2) is 98.9 Å². The van der Waals surface area contributed by atoms with E-state index in [2.05, 4.69) is 30.9 Å². The maximum absolute atomic E-state index is 13.4. The van der Waals surface area contributed by atoms with Crippen molar-refractivity contribution in [3.8, 4) is 0 Å². The van der Waals surface area contributed by atoms with Gasteiger partial charge in [-0.05, 0) is 55.8 Å². The van der Waals surface area contributed by atoms with E-state index in [0.717, 1.165) is 6.92 Å². The van der Waals surface area contributed by atoms with E-state index >= 15 is 0 Å². The first-order valence-corrected chi connectivity index (χ1v) is 13.9. The van der Waals surface area contributed by atoms with E-state index < -0.39 is 54.2 Å². The molecule has 15 nitrogen and oxygen atoms in total. The summed E-state index contributed by atoms with van der Waals surface area (Å²) < 4.78 is 20.4. The molecule has 4 atom stereocenters.